The van der Waals surface area contributed by atoms with Crippen LogP contribution in [0.1, 0.15) is 32.1 Å². The molecule has 0 spiro atoms. The van der Waals surface area contributed by atoms with Gasteiger partial charge in [0.2, 0.25) is 5.95 Å². The number of nitrogens with one attached hydrogen (secondary N) is 4. The van der Waals surface area contributed by atoms with Crippen LogP contribution in [0.15, 0.2) is 47.4 Å². The van der Waals surface area contributed by atoms with Crippen molar-refractivity contribution in [2.24, 2.45) is 0 Å². The number of imidazole rings is 1. The Morgan fingerprint density at radius 2 is 1.94 bits per heavy atom. The molecule has 5 rings (SSSR count). The van der Waals surface area contributed by atoms with Crippen molar-refractivity contribution >= 4 is 38.8 Å². The van der Waals surface area contributed by atoms with E-state index < -0.39 is 10.1 Å². The molecule has 1 unspecified atom stereocenters. The summed E-state index contributed by atoms with van der Waals surface area (Å²) in [5, 5.41) is 8.80. The van der Waals surface area contributed by atoms with Crippen molar-refractivity contribution in [3.05, 3.63) is 42.5 Å². The van der Waals surface area contributed by atoms with Crippen molar-refractivity contribution in [2.75, 3.05) is 23.8 Å². The number of amides is 2. The molecule has 0 radical (unpaired) electrons. The average Bonchev–Trinajstić information content (AvgIpc) is 3.44. The molecule has 10 nitrogen and oxygen atoms in total. The number of benzene rings is 2. The lowest BCUT2D eigenvalue weighted by Crippen LogP contribution is -2.42. The van der Waals surface area contributed by atoms with Crippen LogP contribution in [0.25, 0.3) is 11.0 Å². The van der Waals surface area contributed by atoms with Crippen LogP contribution < -0.4 is 20.1 Å². The summed E-state index contributed by atoms with van der Waals surface area (Å²) in [5.41, 5.74) is 1.93. The van der Waals surface area contributed by atoms with Gasteiger partial charge in [-0.3, -0.25) is 5.32 Å². The van der Waals surface area contributed by atoms with Gasteiger partial charge in [0.05, 0.1) is 17.1 Å². The number of aromatic amines is 1. The Kier molecular flexibility index (Phi) is 6.29. The van der Waals surface area contributed by atoms with Crippen molar-refractivity contribution in [1.82, 2.24) is 15.3 Å². The SMILES string of the molecule is O=C(Nc1nc2cc(OS(=O)(=O)c3ccc(NCC4CCCO4)cc3)ccc2[nH]1)NC1CCC1. The Hall–Kier alpha value is -3.31. The Morgan fingerprint density at radius 3 is 2.65 bits per heavy atom. The quantitative estimate of drug-likeness (QED) is 0.358. The fraction of sp³-hybridized carbons (Fsp3) is 0.391. The standard InChI is InChI=1S/C23H27N5O5S/c29-23(25-16-3-1-4-16)28-22-26-20-11-8-17(13-21(20)27-22)33-34(30,31)19-9-6-15(7-10-19)24-14-18-5-2-12-32-18/h6-11,13,16,18,24H,1-5,12,14H2,(H3,25,26,27,28,29). The maximum absolute atomic E-state index is 12.7. The number of carbonyl (C=O) groups excluding carboxylic acids is 1. The van der Waals surface area contributed by atoms with Crippen LogP contribution in [0.3, 0.4) is 0 Å². The lowest BCUT2D eigenvalue weighted by atomic mass is 9.93. The highest BCUT2D eigenvalue weighted by Crippen LogP contribution is 2.25. The highest BCUT2D eigenvalue weighted by Gasteiger charge is 2.21. The summed E-state index contributed by atoms with van der Waals surface area (Å²) in [4.78, 5) is 19.4. The minimum atomic E-state index is -4.02. The van der Waals surface area contributed by atoms with Gasteiger partial charge >= 0.3 is 16.1 Å². The minimum Gasteiger partial charge on any atom is -0.382 e. The van der Waals surface area contributed by atoms with E-state index in [0.717, 1.165) is 44.4 Å². The summed E-state index contributed by atoms with van der Waals surface area (Å²) in [6.45, 7) is 1.48. The number of aromatic nitrogens is 2. The van der Waals surface area contributed by atoms with Gasteiger partial charge in [0, 0.05) is 30.9 Å². The van der Waals surface area contributed by atoms with E-state index in [1.807, 2.05) is 0 Å². The molecule has 1 aliphatic carbocycles. The molecule has 1 aliphatic heterocycles. The summed E-state index contributed by atoms with van der Waals surface area (Å²) in [6.07, 6.45) is 5.38. The van der Waals surface area contributed by atoms with E-state index in [0.29, 0.717) is 17.6 Å². The Morgan fingerprint density at radius 1 is 1.12 bits per heavy atom. The summed E-state index contributed by atoms with van der Waals surface area (Å²) in [6, 6.07) is 11.0. The highest BCUT2D eigenvalue weighted by molar-refractivity contribution is 7.87. The topological polar surface area (TPSA) is 134 Å². The van der Waals surface area contributed by atoms with E-state index in [1.54, 1.807) is 18.2 Å². The van der Waals surface area contributed by atoms with Crippen molar-refractivity contribution < 1.29 is 22.1 Å². The van der Waals surface area contributed by atoms with Crippen LogP contribution in [0.2, 0.25) is 0 Å². The number of ether oxygens (including phenoxy) is 1. The second-order valence-electron chi connectivity index (χ2n) is 8.57. The van der Waals surface area contributed by atoms with E-state index in [-0.39, 0.29) is 34.8 Å². The monoisotopic (exact) mass is 485 g/mol. The van der Waals surface area contributed by atoms with Crippen LogP contribution in [-0.4, -0.2) is 49.7 Å². The van der Waals surface area contributed by atoms with E-state index >= 15 is 0 Å². The summed E-state index contributed by atoms with van der Waals surface area (Å²) in [5.74, 6) is 0.406. The van der Waals surface area contributed by atoms with Gasteiger partial charge in [0.15, 0.2) is 0 Å². The number of hydrogen-bond acceptors (Lipinski definition) is 7. The molecule has 2 aromatic carbocycles. The molecule has 2 amide bonds. The number of anilines is 2. The van der Waals surface area contributed by atoms with Gasteiger partial charge < -0.3 is 24.5 Å². The Balaban J connectivity index is 1.22. The number of urea groups is 1. The second-order valence-corrected chi connectivity index (χ2v) is 10.1. The van der Waals surface area contributed by atoms with Gasteiger partial charge in [-0.15, -0.1) is 0 Å². The molecule has 0 bridgehead atoms. The van der Waals surface area contributed by atoms with Crippen LogP contribution >= 0.6 is 0 Å². The third kappa shape index (κ3) is 5.26. The largest absolute Gasteiger partial charge is 0.382 e. The zero-order valence-corrected chi connectivity index (χ0v) is 19.4. The van der Waals surface area contributed by atoms with E-state index in [2.05, 4.69) is 25.9 Å². The first kappa shape index (κ1) is 22.5. The lowest BCUT2D eigenvalue weighted by molar-refractivity contribution is 0.120. The number of hydrogen-bond donors (Lipinski definition) is 4. The van der Waals surface area contributed by atoms with Crippen molar-refractivity contribution in [1.29, 1.82) is 0 Å². The fourth-order valence-corrected chi connectivity index (χ4v) is 4.85. The van der Waals surface area contributed by atoms with E-state index in [1.165, 1.54) is 24.3 Å². The average molecular weight is 486 g/mol. The van der Waals surface area contributed by atoms with Crippen molar-refractivity contribution in [2.45, 2.75) is 49.1 Å². The zero-order chi connectivity index (χ0) is 23.5. The summed E-state index contributed by atoms with van der Waals surface area (Å²) >= 11 is 0. The van der Waals surface area contributed by atoms with Crippen molar-refractivity contribution in [3.8, 4) is 5.75 Å². The molecule has 2 aliphatic rings. The van der Waals surface area contributed by atoms with E-state index in [4.69, 9.17) is 8.92 Å². The lowest BCUT2D eigenvalue weighted by Gasteiger charge is -2.26. The second kappa shape index (κ2) is 9.51. The molecule has 180 valence electrons. The van der Waals surface area contributed by atoms with Crippen LogP contribution in [0.4, 0.5) is 16.4 Å². The zero-order valence-electron chi connectivity index (χ0n) is 18.5. The molecule has 4 N–H and O–H groups in total. The number of fused-ring (bicyclic) bond motifs is 1. The molecule has 1 aromatic heterocycles. The highest BCUT2D eigenvalue weighted by atomic mass is 32.2. The number of carbonyl (C=O) groups is 1. The fourth-order valence-electron chi connectivity index (χ4n) is 3.93. The molecule has 2 fully saturated rings. The first-order chi connectivity index (χ1) is 16.4. The minimum absolute atomic E-state index is 0.0484. The number of rotatable bonds is 8. The van der Waals surface area contributed by atoms with Gasteiger partial charge in [-0.05, 0) is 68.5 Å². The first-order valence-electron chi connectivity index (χ1n) is 11.4. The molecule has 1 saturated heterocycles. The summed E-state index contributed by atoms with van der Waals surface area (Å²) < 4.78 is 36.4. The number of H-pyrrole nitrogens is 1. The van der Waals surface area contributed by atoms with Gasteiger partial charge in [0.25, 0.3) is 0 Å². The van der Waals surface area contributed by atoms with Gasteiger partial charge in [0.1, 0.15) is 10.6 Å². The van der Waals surface area contributed by atoms with Crippen LogP contribution in [0.5, 0.6) is 5.75 Å². The predicted molar refractivity (Wildman–Crippen MR) is 128 cm³/mol. The molecule has 1 saturated carbocycles. The molecule has 34 heavy (non-hydrogen) atoms. The number of nitrogens with zero attached hydrogens (tertiary/aromatic N) is 1. The van der Waals surface area contributed by atoms with Crippen LogP contribution in [0, 0.1) is 0 Å². The van der Waals surface area contributed by atoms with Gasteiger partial charge in [-0.25, -0.2) is 9.78 Å². The smallest absolute Gasteiger partial charge is 0.339 e. The maximum atomic E-state index is 12.7. The molecular weight excluding hydrogens is 458 g/mol. The molecule has 1 atom stereocenters. The Bertz CT molecular complexity index is 1260. The molecular formula is C23H27N5O5S. The third-order valence-electron chi connectivity index (χ3n) is 6.03. The van der Waals surface area contributed by atoms with Gasteiger partial charge in [-0.2, -0.15) is 8.42 Å². The summed E-state index contributed by atoms with van der Waals surface area (Å²) in [7, 11) is -4.02. The van der Waals surface area contributed by atoms with E-state index in [9.17, 15) is 13.2 Å². The maximum Gasteiger partial charge on any atom is 0.339 e. The third-order valence-corrected chi connectivity index (χ3v) is 7.29. The molecule has 2 heterocycles. The van der Waals surface area contributed by atoms with Crippen molar-refractivity contribution in [3.63, 3.8) is 0 Å². The normalized spacial score (nSPS) is 18.4. The van der Waals surface area contributed by atoms with Gasteiger partial charge in [-0.1, -0.05) is 0 Å². The first-order valence-corrected chi connectivity index (χ1v) is 12.8. The predicted octanol–water partition coefficient (Wildman–Crippen LogP) is 3.60. The Labute approximate surface area is 197 Å². The molecule has 11 heteroatoms. The van der Waals surface area contributed by atoms with Crippen LogP contribution in [-0.2, 0) is 14.9 Å². The molecule has 3 aromatic rings.